The van der Waals surface area contributed by atoms with Gasteiger partial charge >= 0.3 is 11.9 Å². The molecule has 5 N–H and O–H groups in total. The highest BCUT2D eigenvalue weighted by molar-refractivity contribution is 5.77. The minimum absolute atomic E-state index is 0.00408. The summed E-state index contributed by atoms with van der Waals surface area (Å²) in [7, 11) is 0. The van der Waals surface area contributed by atoms with Gasteiger partial charge in [0.1, 0.15) is 0 Å². The van der Waals surface area contributed by atoms with Crippen LogP contribution in [0.1, 0.15) is 92.4 Å². The number of carbonyl (C=O) groups is 2. The maximum Gasteiger partial charge on any atom is 0.312 e. The molecule has 4 fully saturated rings. The van der Waals surface area contributed by atoms with E-state index in [2.05, 4.69) is 33.8 Å². The van der Waals surface area contributed by atoms with Gasteiger partial charge in [-0.25, -0.2) is 0 Å². The van der Waals surface area contributed by atoms with Crippen molar-refractivity contribution in [3.05, 3.63) is 11.6 Å². The number of hydrogen-bond donors (Lipinski definition) is 5. The minimum atomic E-state index is -1.46. The lowest BCUT2D eigenvalue weighted by atomic mass is 9.33. The molecule has 0 unspecified atom stereocenters. The predicted molar refractivity (Wildman–Crippen MR) is 137 cm³/mol. The van der Waals surface area contributed by atoms with Crippen molar-refractivity contribution in [3.63, 3.8) is 0 Å². The molecule has 0 saturated heterocycles. The van der Waals surface area contributed by atoms with E-state index in [1.807, 2.05) is 0 Å². The lowest BCUT2D eigenvalue weighted by Crippen LogP contribution is -2.69. The molecular formula is C30H46O7. The zero-order valence-electron chi connectivity index (χ0n) is 23.1. The van der Waals surface area contributed by atoms with Gasteiger partial charge in [0.15, 0.2) is 0 Å². The quantitative estimate of drug-likeness (QED) is 0.353. The van der Waals surface area contributed by atoms with Crippen LogP contribution >= 0.6 is 0 Å². The molecule has 0 aromatic carbocycles. The van der Waals surface area contributed by atoms with Crippen LogP contribution in [0, 0.1) is 50.2 Å². The summed E-state index contributed by atoms with van der Waals surface area (Å²) < 4.78 is 0. The summed E-state index contributed by atoms with van der Waals surface area (Å²) >= 11 is 0. The first-order valence-corrected chi connectivity index (χ1v) is 14.2. The number of carboxylic acid groups (broad SMARTS) is 2. The third-order valence-electron chi connectivity index (χ3n) is 13.1. The highest BCUT2D eigenvalue weighted by atomic mass is 16.4. The Balaban J connectivity index is 1.65. The van der Waals surface area contributed by atoms with E-state index in [1.165, 1.54) is 0 Å². The minimum Gasteiger partial charge on any atom is -0.481 e. The lowest BCUT2D eigenvalue weighted by Gasteiger charge is -2.71. The topological polar surface area (TPSA) is 135 Å². The lowest BCUT2D eigenvalue weighted by molar-refractivity contribution is -0.244. The third-order valence-corrected chi connectivity index (χ3v) is 13.1. The smallest absolute Gasteiger partial charge is 0.312 e. The van der Waals surface area contributed by atoms with Crippen LogP contribution in [0.15, 0.2) is 11.6 Å². The van der Waals surface area contributed by atoms with E-state index < -0.39 is 45.8 Å². The van der Waals surface area contributed by atoms with Crippen molar-refractivity contribution in [2.24, 2.45) is 50.2 Å². The van der Waals surface area contributed by atoms with Crippen LogP contribution in [0.2, 0.25) is 0 Å². The summed E-state index contributed by atoms with van der Waals surface area (Å²) in [4.78, 5) is 25.4. The van der Waals surface area contributed by atoms with Crippen LogP contribution < -0.4 is 0 Å². The average molecular weight is 519 g/mol. The van der Waals surface area contributed by atoms with Crippen molar-refractivity contribution in [2.75, 3.05) is 6.61 Å². The van der Waals surface area contributed by atoms with E-state index in [1.54, 1.807) is 6.92 Å². The van der Waals surface area contributed by atoms with Gasteiger partial charge in [-0.1, -0.05) is 39.3 Å². The molecule has 10 atom stereocenters. The second-order valence-corrected chi connectivity index (χ2v) is 14.9. The highest BCUT2D eigenvalue weighted by Gasteiger charge is 2.72. The number of allylic oxidation sites excluding steroid dienone is 1. The monoisotopic (exact) mass is 518 g/mol. The van der Waals surface area contributed by atoms with Crippen LogP contribution in [-0.2, 0) is 9.59 Å². The molecule has 0 bridgehead atoms. The van der Waals surface area contributed by atoms with Gasteiger partial charge in [0.05, 0.1) is 29.6 Å². The van der Waals surface area contributed by atoms with Crippen molar-refractivity contribution in [2.45, 2.75) is 105 Å². The molecule has 5 rings (SSSR count). The van der Waals surface area contributed by atoms with E-state index in [4.69, 9.17) is 0 Å². The first-order valence-electron chi connectivity index (χ1n) is 14.2. The van der Waals surface area contributed by atoms with Crippen molar-refractivity contribution < 1.29 is 35.1 Å². The molecule has 0 aliphatic heterocycles. The maximum absolute atomic E-state index is 12.8. The van der Waals surface area contributed by atoms with Crippen molar-refractivity contribution in [1.82, 2.24) is 0 Å². The summed E-state index contributed by atoms with van der Waals surface area (Å²) in [5, 5.41) is 53.8. The average Bonchev–Trinajstić information content (AvgIpc) is 2.81. The molecule has 0 amide bonds. The summed E-state index contributed by atoms with van der Waals surface area (Å²) in [6.45, 7) is 10.3. The van der Waals surface area contributed by atoms with Crippen LogP contribution in [0.25, 0.3) is 0 Å². The number of fused-ring (bicyclic) bond motifs is 7. The Labute approximate surface area is 220 Å². The van der Waals surface area contributed by atoms with E-state index in [0.29, 0.717) is 44.9 Å². The maximum atomic E-state index is 12.8. The zero-order chi connectivity index (χ0) is 27.4. The van der Waals surface area contributed by atoms with E-state index in [-0.39, 0.29) is 35.2 Å². The first-order chi connectivity index (χ1) is 17.1. The standard InChI is InChI=1S/C30H46O7/c1-25(2)10-11-29(24(36)37)12-13-30(16-31)17(18(29)14-25)6-7-20-26(3)15-19(32)22(33)28(5,23(34)35)21(26)8-9-27(20,30)4/h6,18-22,31-33H,7-16H2,1-5H3,(H,34,35)(H,36,37)/t18-,19-,20+,21+,22-,26+,27+,28-,29-,30-/m0/s1. The van der Waals surface area contributed by atoms with Crippen molar-refractivity contribution in [3.8, 4) is 0 Å². The molecule has 7 heteroatoms. The number of carboxylic acids is 2. The fourth-order valence-electron chi connectivity index (χ4n) is 10.9. The van der Waals surface area contributed by atoms with Gasteiger partial charge in [0.2, 0.25) is 0 Å². The Morgan fingerprint density at radius 3 is 2.14 bits per heavy atom. The number of aliphatic carboxylic acids is 2. The molecule has 7 nitrogen and oxygen atoms in total. The summed E-state index contributed by atoms with van der Waals surface area (Å²) in [6.07, 6.45) is 5.50. The molecule has 5 aliphatic rings. The number of rotatable bonds is 3. The van der Waals surface area contributed by atoms with Crippen LogP contribution in [0.5, 0.6) is 0 Å². The summed E-state index contributed by atoms with van der Waals surface area (Å²) in [5.74, 6) is -2.22. The van der Waals surface area contributed by atoms with Gasteiger partial charge < -0.3 is 25.5 Å². The van der Waals surface area contributed by atoms with Crippen molar-refractivity contribution >= 4 is 11.9 Å². The SMILES string of the molecule is CC1(C)CC[C@]2(C(=O)O)CC[C@]3(CO)C(=CC[C@@H]4[C@@]5(C)C[C@H](O)[C@H](O)[C@@](C)(C(=O)O)[C@@H]5CC[C@]43C)[C@@H]2C1. The molecule has 37 heavy (non-hydrogen) atoms. The fraction of sp³-hybridized carbons (Fsp3) is 0.867. The van der Waals surface area contributed by atoms with Gasteiger partial charge in [-0.05, 0) is 98.7 Å². The molecule has 0 aromatic rings. The van der Waals surface area contributed by atoms with E-state index in [0.717, 1.165) is 18.4 Å². The van der Waals surface area contributed by atoms with Crippen LogP contribution in [0.4, 0.5) is 0 Å². The molecule has 208 valence electrons. The molecule has 4 saturated carbocycles. The predicted octanol–water partition coefficient (Wildman–Crippen LogP) is 4.24. The van der Waals surface area contributed by atoms with Crippen LogP contribution in [-0.4, -0.2) is 56.3 Å². The molecule has 0 aromatic heterocycles. The molecule has 5 aliphatic carbocycles. The summed E-state index contributed by atoms with van der Waals surface area (Å²) in [6, 6.07) is 0. The highest BCUT2D eigenvalue weighted by Crippen LogP contribution is 2.75. The zero-order valence-corrected chi connectivity index (χ0v) is 23.1. The van der Waals surface area contributed by atoms with Crippen LogP contribution in [0.3, 0.4) is 0 Å². The first kappa shape index (κ1) is 27.1. The summed E-state index contributed by atoms with van der Waals surface area (Å²) in [5.41, 5.74) is -2.59. The van der Waals surface area contributed by atoms with Gasteiger partial charge in [-0.2, -0.15) is 0 Å². The molecule has 0 radical (unpaired) electrons. The van der Waals surface area contributed by atoms with E-state index >= 15 is 0 Å². The second kappa shape index (κ2) is 8.04. The van der Waals surface area contributed by atoms with Crippen molar-refractivity contribution in [1.29, 1.82) is 0 Å². The second-order valence-electron chi connectivity index (χ2n) is 14.9. The number of aliphatic hydroxyl groups is 3. The van der Waals surface area contributed by atoms with Gasteiger partial charge in [-0.3, -0.25) is 9.59 Å². The van der Waals surface area contributed by atoms with E-state index in [9.17, 15) is 35.1 Å². The molecule has 0 spiro atoms. The molecular weight excluding hydrogens is 472 g/mol. The largest absolute Gasteiger partial charge is 0.481 e. The third kappa shape index (κ3) is 3.17. The Hall–Kier alpha value is -1.44. The number of aliphatic hydroxyl groups excluding tert-OH is 3. The van der Waals surface area contributed by atoms with Gasteiger partial charge in [-0.15, -0.1) is 0 Å². The Morgan fingerprint density at radius 2 is 1.54 bits per heavy atom. The fourth-order valence-corrected chi connectivity index (χ4v) is 10.9. The van der Waals surface area contributed by atoms with Gasteiger partial charge in [0, 0.05) is 5.41 Å². The Kier molecular flexibility index (Phi) is 5.90. The molecule has 0 heterocycles. The normalized spacial score (nSPS) is 52.5. The van der Waals surface area contributed by atoms with Gasteiger partial charge in [0.25, 0.3) is 0 Å². The Morgan fingerprint density at radius 1 is 0.892 bits per heavy atom. The Bertz CT molecular complexity index is 1030. The number of hydrogen-bond acceptors (Lipinski definition) is 5.